The molecule has 1 aromatic heterocycles. The van der Waals surface area contributed by atoms with E-state index in [0.29, 0.717) is 33.1 Å². The zero-order chi connectivity index (χ0) is 19.4. The van der Waals surface area contributed by atoms with E-state index in [1.165, 1.54) is 0 Å². The van der Waals surface area contributed by atoms with Gasteiger partial charge in [0.1, 0.15) is 11.6 Å². The SMILES string of the molecule is Cn1cc(C(=S)NCc2ccc(Cl)cc2)c(=O)c2cc(C#CCO)ccc21. The van der Waals surface area contributed by atoms with E-state index in [-0.39, 0.29) is 12.0 Å². The average molecular weight is 397 g/mol. The number of hydrogen-bond donors (Lipinski definition) is 2. The van der Waals surface area contributed by atoms with Crippen LogP contribution in [-0.2, 0) is 13.6 Å². The van der Waals surface area contributed by atoms with E-state index >= 15 is 0 Å². The van der Waals surface area contributed by atoms with Crippen molar-refractivity contribution >= 4 is 39.7 Å². The van der Waals surface area contributed by atoms with Gasteiger partial charge in [0.05, 0.1) is 11.1 Å². The molecular weight excluding hydrogens is 380 g/mol. The molecule has 0 unspecified atom stereocenters. The lowest BCUT2D eigenvalue weighted by atomic mass is 10.1. The van der Waals surface area contributed by atoms with Crippen LogP contribution in [0.4, 0.5) is 0 Å². The van der Waals surface area contributed by atoms with Crippen LogP contribution in [-0.4, -0.2) is 21.3 Å². The summed E-state index contributed by atoms with van der Waals surface area (Å²) in [6.45, 7) is 0.272. The number of thiocarbonyl (C=S) groups is 1. The van der Waals surface area contributed by atoms with Crippen LogP contribution in [0.3, 0.4) is 0 Å². The van der Waals surface area contributed by atoms with Crippen molar-refractivity contribution in [3.63, 3.8) is 0 Å². The summed E-state index contributed by atoms with van der Waals surface area (Å²) >= 11 is 11.3. The zero-order valence-electron chi connectivity index (χ0n) is 14.6. The smallest absolute Gasteiger partial charge is 0.199 e. The van der Waals surface area contributed by atoms with Crippen LogP contribution in [0.1, 0.15) is 16.7 Å². The molecule has 2 aromatic carbocycles. The summed E-state index contributed by atoms with van der Waals surface area (Å²) in [5.74, 6) is 5.42. The van der Waals surface area contributed by atoms with Crippen molar-refractivity contribution in [3.8, 4) is 11.8 Å². The third kappa shape index (κ3) is 4.37. The number of halogens is 1. The van der Waals surface area contributed by atoms with Crippen LogP contribution in [0.2, 0.25) is 5.02 Å². The highest BCUT2D eigenvalue weighted by Gasteiger charge is 2.12. The van der Waals surface area contributed by atoms with E-state index in [1.54, 1.807) is 12.3 Å². The molecule has 2 N–H and O–H groups in total. The molecular formula is C21H17ClN2O2S. The van der Waals surface area contributed by atoms with Gasteiger partial charge in [-0.2, -0.15) is 0 Å². The number of aryl methyl sites for hydroxylation is 1. The minimum atomic E-state index is -0.227. The molecule has 3 aromatic rings. The molecule has 4 nitrogen and oxygen atoms in total. The number of fused-ring (bicyclic) bond motifs is 1. The first-order valence-corrected chi connectivity index (χ1v) is 9.04. The third-order valence-electron chi connectivity index (χ3n) is 4.11. The maximum Gasteiger partial charge on any atom is 0.199 e. The van der Waals surface area contributed by atoms with Gasteiger partial charge in [0, 0.05) is 35.8 Å². The van der Waals surface area contributed by atoms with Crippen molar-refractivity contribution in [2.24, 2.45) is 7.05 Å². The number of benzene rings is 2. The Labute approximate surface area is 167 Å². The number of pyridine rings is 1. The molecule has 3 rings (SSSR count). The van der Waals surface area contributed by atoms with Crippen LogP contribution in [0.5, 0.6) is 0 Å². The normalized spacial score (nSPS) is 10.3. The molecule has 0 aliphatic heterocycles. The monoisotopic (exact) mass is 396 g/mol. The molecule has 0 spiro atoms. The molecule has 136 valence electrons. The number of rotatable bonds is 3. The van der Waals surface area contributed by atoms with Gasteiger partial charge in [-0.25, -0.2) is 0 Å². The Morgan fingerprint density at radius 3 is 2.70 bits per heavy atom. The number of hydrogen-bond acceptors (Lipinski definition) is 3. The second-order valence-electron chi connectivity index (χ2n) is 5.98. The summed E-state index contributed by atoms with van der Waals surface area (Å²) in [6.07, 6.45) is 1.74. The van der Waals surface area contributed by atoms with Crippen molar-refractivity contribution in [1.82, 2.24) is 9.88 Å². The first-order valence-electron chi connectivity index (χ1n) is 8.25. The van der Waals surface area contributed by atoms with Gasteiger partial charge >= 0.3 is 0 Å². The van der Waals surface area contributed by atoms with Crippen LogP contribution in [0, 0.1) is 11.8 Å². The lowest BCUT2D eigenvalue weighted by Gasteiger charge is -2.12. The van der Waals surface area contributed by atoms with Crippen LogP contribution >= 0.6 is 23.8 Å². The third-order valence-corrected chi connectivity index (χ3v) is 4.73. The molecule has 0 bridgehead atoms. The summed E-state index contributed by atoms with van der Waals surface area (Å²) in [5.41, 5.74) is 2.76. The van der Waals surface area contributed by atoms with Crippen molar-refractivity contribution in [2.75, 3.05) is 6.61 Å². The number of aromatic nitrogens is 1. The Hall–Kier alpha value is -2.65. The molecule has 0 radical (unpaired) electrons. The molecule has 0 saturated carbocycles. The molecule has 6 heteroatoms. The van der Waals surface area contributed by atoms with Gasteiger partial charge in [0.25, 0.3) is 0 Å². The summed E-state index contributed by atoms with van der Waals surface area (Å²) in [5, 5.41) is 13.2. The molecule has 0 saturated heterocycles. The fourth-order valence-electron chi connectivity index (χ4n) is 2.75. The van der Waals surface area contributed by atoms with Gasteiger partial charge < -0.3 is 15.0 Å². The Bertz CT molecular complexity index is 1130. The zero-order valence-corrected chi connectivity index (χ0v) is 16.2. The highest BCUT2D eigenvalue weighted by molar-refractivity contribution is 7.80. The highest BCUT2D eigenvalue weighted by Crippen LogP contribution is 2.14. The van der Waals surface area contributed by atoms with Crippen molar-refractivity contribution in [2.45, 2.75) is 6.54 Å². The maximum atomic E-state index is 12.9. The predicted molar refractivity (Wildman–Crippen MR) is 113 cm³/mol. The van der Waals surface area contributed by atoms with Gasteiger partial charge in [-0.1, -0.05) is 47.8 Å². The van der Waals surface area contributed by atoms with E-state index in [0.717, 1.165) is 11.1 Å². The lowest BCUT2D eigenvalue weighted by molar-refractivity contribution is 0.350. The minimum Gasteiger partial charge on any atom is -0.384 e. The van der Waals surface area contributed by atoms with Gasteiger partial charge in [0.2, 0.25) is 0 Å². The number of nitrogens with zero attached hydrogens (tertiary/aromatic N) is 1. The van der Waals surface area contributed by atoms with E-state index < -0.39 is 0 Å². The largest absolute Gasteiger partial charge is 0.384 e. The summed E-state index contributed by atoms with van der Waals surface area (Å²) < 4.78 is 1.87. The van der Waals surface area contributed by atoms with E-state index in [2.05, 4.69) is 17.2 Å². The average Bonchev–Trinajstić information content (AvgIpc) is 2.68. The van der Waals surface area contributed by atoms with E-state index in [1.807, 2.05) is 48.0 Å². The number of aliphatic hydroxyl groups excluding tert-OH is 1. The van der Waals surface area contributed by atoms with Gasteiger partial charge in [-0.15, -0.1) is 0 Å². The fraction of sp³-hybridized carbons (Fsp3) is 0.143. The highest BCUT2D eigenvalue weighted by atomic mass is 35.5. The minimum absolute atomic E-state index is 0.149. The lowest BCUT2D eigenvalue weighted by Crippen LogP contribution is -2.28. The Morgan fingerprint density at radius 2 is 2.00 bits per heavy atom. The standard InChI is InChI=1S/C21H17ClN2O2S/c1-24-13-18(21(27)23-12-15-4-7-16(22)8-5-15)20(26)17-11-14(3-2-10-25)6-9-19(17)24/h4-9,11,13,25H,10,12H2,1H3,(H,23,27). The molecule has 0 atom stereocenters. The molecule has 1 heterocycles. The van der Waals surface area contributed by atoms with E-state index in [4.69, 9.17) is 28.9 Å². The van der Waals surface area contributed by atoms with Gasteiger partial charge in [-0.05, 0) is 35.9 Å². The van der Waals surface area contributed by atoms with E-state index in [9.17, 15) is 4.79 Å². The first-order chi connectivity index (χ1) is 13.0. The second-order valence-corrected chi connectivity index (χ2v) is 6.83. The Morgan fingerprint density at radius 1 is 1.26 bits per heavy atom. The van der Waals surface area contributed by atoms with Crippen molar-refractivity contribution in [1.29, 1.82) is 0 Å². The molecule has 27 heavy (non-hydrogen) atoms. The molecule has 0 aliphatic rings. The quantitative estimate of drug-likeness (QED) is 0.528. The van der Waals surface area contributed by atoms with Crippen molar-refractivity contribution < 1.29 is 5.11 Å². The van der Waals surface area contributed by atoms with Crippen LogP contribution in [0.15, 0.2) is 53.5 Å². The predicted octanol–water partition coefficient (Wildman–Crippen LogP) is 3.00. The number of aliphatic hydroxyl groups is 1. The second kappa shape index (κ2) is 8.36. The Balaban J connectivity index is 1.93. The summed E-state index contributed by atoms with van der Waals surface area (Å²) in [4.78, 5) is 13.3. The molecule has 0 amide bonds. The molecule has 0 fully saturated rings. The summed E-state index contributed by atoms with van der Waals surface area (Å²) in [7, 11) is 1.87. The van der Waals surface area contributed by atoms with Gasteiger partial charge in [-0.3, -0.25) is 4.79 Å². The first kappa shape index (κ1) is 19.1. The number of nitrogens with one attached hydrogen (secondary N) is 1. The fourth-order valence-corrected chi connectivity index (χ4v) is 3.10. The Kier molecular flexibility index (Phi) is 5.92. The van der Waals surface area contributed by atoms with Gasteiger partial charge in [0.15, 0.2) is 5.43 Å². The molecule has 0 aliphatic carbocycles. The maximum absolute atomic E-state index is 12.9. The summed E-state index contributed by atoms with van der Waals surface area (Å²) in [6, 6.07) is 12.8. The van der Waals surface area contributed by atoms with Crippen LogP contribution < -0.4 is 10.7 Å². The van der Waals surface area contributed by atoms with Crippen LogP contribution in [0.25, 0.3) is 10.9 Å². The van der Waals surface area contributed by atoms with Crippen molar-refractivity contribution in [3.05, 3.63) is 80.6 Å². The topological polar surface area (TPSA) is 54.3 Å².